The molecule has 24 heavy (non-hydrogen) atoms. The van der Waals surface area contributed by atoms with Gasteiger partial charge in [0, 0.05) is 7.05 Å². The molecule has 0 saturated carbocycles. The van der Waals surface area contributed by atoms with Crippen LogP contribution in [0, 0.1) is 11.8 Å². The third-order valence-corrected chi connectivity index (χ3v) is 5.18. The largest absolute Gasteiger partial charge is 0.544 e. The van der Waals surface area contributed by atoms with E-state index in [9.17, 15) is 24.6 Å². The zero-order chi connectivity index (χ0) is 17.8. The monoisotopic (exact) mass is 334 g/mol. The van der Waals surface area contributed by atoms with Crippen molar-refractivity contribution in [1.29, 1.82) is 0 Å². The molecule has 8 heteroatoms. The van der Waals surface area contributed by atoms with Crippen molar-refractivity contribution >= 4 is 17.8 Å². The summed E-state index contributed by atoms with van der Waals surface area (Å²) in [7, 11) is 2.73. The van der Waals surface area contributed by atoms with Gasteiger partial charge in [0.1, 0.15) is 29.4 Å². The molecule has 0 aromatic heterocycles. The number of nitrogens with zero attached hydrogens (tertiary/aromatic N) is 1. The number of quaternary nitrogens is 1. The van der Waals surface area contributed by atoms with Crippen LogP contribution >= 0.6 is 0 Å². The van der Waals surface area contributed by atoms with Gasteiger partial charge in [0.15, 0.2) is 11.5 Å². The Kier molecular flexibility index (Phi) is 3.52. The number of methoxy groups -OCH3 is 1. The number of rotatable bonds is 3. The van der Waals surface area contributed by atoms with E-state index in [1.165, 1.54) is 26.4 Å². The number of fused-ring (bicyclic) bond motifs is 1. The number of aromatic hydroxyl groups is 1. The van der Waals surface area contributed by atoms with Gasteiger partial charge in [0.2, 0.25) is 11.8 Å². The fraction of sp³-hybridized carbons (Fsp3) is 0.438. The second kappa shape index (κ2) is 5.20. The number of likely N-dealkylation sites (tertiary alicyclic amines) is 1. The van der Waals surface area contributed by atoms with Gasteiger partial charge in [-0.3, -0.25) is 14.5 Å². The van der Waals surface area contributed by atoms with Crippen molar-refractivity contribution in [3.63, 3.8) is 0 Å². The molecule has 2 heterocycles. The lowest BCUT2D eigenvalue weighted by Gasteiger charge is -2.28. The Labute approximate surface area is 138 Å². The summed E-state index contributed by atoms with van der Waals surface area (Å²) in [6, 6.07) is 4.05. The molecule has 2 saturated heterocycles. The van der Waals surface area contributed by atoms with Crippen molar-refractivity contribution in [3.8, 4) is 11.5 Å². The van der Waals surface area contributed by atoms with Crippen LogP contribution in [-0.4, -0.2) is 47.5 Å². The van der Waals surface area contributed by atoms with Gasteiger partial charge in [-0.15, -0.1) is 0 Å². The molecule has 1 aromatic carbocycles. The maximum Gasteiger partial charge on any atom is 0.239 e. The number of phenolic OH excluding ortho intramolecular Hbond substituents is 1. The predicted molar refractivity (Wildman–Crippen MR) is 77.5 cm³/mol. The van der Waals surface area contributed by atoms with Crippen LogP contribution in [0.25, 0.3) is 0 Å². The fourth-order valence-electron chi connectivity index (χ4n) is 3.86. The minimum Gasteiger partial charge on any atom is -0.544 e. The smallest absolute Gasteiger partial charge is 0.239 e. The number of carboxylic acid groups (broad SMARTS) is 1. The van der Waals surface area contributed by atoms with E-state index in [0.29, 0.717) is 5.56 Å². The minimum absolute atomic E-state index is 0.169. The molecule has 0 unspecified atom stereocenters. The fourth-order valence-corrected chi connectivity index (χ4v) is 3.86. The molecule has 8 nitrogen and oxygen atoms in total. The highest BCUT2D eigenvalue weighted by Gasteiger charge is 2.67. The van der Waals surface area contributed by atoms with Crippen LogP contribution in [0.3, 0.4) is 0 Å². The standard InChI is InChI=1S/C16H18N2O6/c1-16(15(22)23)10-9(13(20)18(2)14(10)21)11(17-16)7-5-4-6-8(24-3)12(7)19/h4-6,9-11,17,19H,1-3H3,(H,22,23)/t9-,10+,11-,16+/m0/s1. The molecule has 128 valence electrons. The van der Waals surface area contributed by atoms with Crippen LogP contribution in [0.2, 0.25) is 0 Å². The van der Waals surface area contributed by atoms with Gasteiger partial charge in [0.05, 0.1) is 12.7 Å². The lowest BCUT2D eigenvalue weighted by molar-refractivity contribution is -0.735. The van der Waals surface area contributed by atoms with Gasteiger partial charge in [-0.2, -0.15) is 0 Å². The van der Waals surface area contributed by atoms with Crippen LogP contribution < -0.4 is 15.2 Å². The number of ether oxygens (including phenoxy) is 1. The Morgan fingerprint density at radius 3 is 2.62 bits per heavy atom. The first-order valence-corrected chi connectivity index (χ1v) is 7.48. The molecule has 3 rings (SSSR count). The molecule has 0 spiro atoms. The quantitative estimate of drug-likeness (QED) is 0.602. The van der Waals surface area contributed by atoms with Crippen molar-refractivity contribution < 1.29 is 34.7 Å². The van der Waals surface area contributed by atoms with Crippen molar-refractivity contribution in [3.05, 3.63) is 23.8 Å². The third kappa shape index (κ3) is 1.92. The maximum atomic E-state index is 12.5. The van der Waals surface area contributed by atoms with Crippen molar-refractivity contribution in [1.82, 2.24) is 4.90 Å². The molecule has 0 radical (unpaired) electrons. The zero-order valence-corrected chi connectivity index (χ0v) is 13.5. The number of nitrogens with two attached hydrogens (primary N) is 1. The van der Waals surface area contributed by atoms with Crippen LogP contribution in [0.1, 0.15) is 18.5 Å². The number of aliphatic carboxylic acids is 1. The number of benzene rings is 1. The molecule has 3 N–H and O–H groups in total. The van der Waals surface area contributed by atoms with Gasteiger partial charge in [-0.25, -0.2) is 0 Å². The van der Waals surface area contributed by atoms with Gasteiger partial charge in [-0.1, -0.05) is 6.07 Å². The second-order valence-electron chi connectivity index (χ2n) is 6.40. The molecule has 4 atom stereocenters. The van der Waals surface area contributed by atoms with Gasteiger partial charge in [0.25, 0.3) is 0 Å². The molecule has 2 aliphatic heterocycles. The number of carbonyl (C=O) groups excluding carboxylic acids is 3. The summed E-state index contributed by atoms with van der Waals surface area (Å²) in [6.07, 6.45) is 0. The predicted octanol–water partition coefficient (Wildman–Crippen LogP) is -2.24. The zero-order valence-electron chi connectivity index (χ0n) is 13.5. The Morgan fingerprint density at radius 1 is 1.38 bits per heavy atom. The minimum atomic E-state index is -1.59. The number of carbonyl (C=O) groups is 3. The summed E-state index contributed by atoms with van der Waals surface area (Å²) in [5.74, 6) is -4.31. The van der Waals surface area contributed by atoms with Crippen LogP contribution in [-0.2, 0) is 14.4 Å². The second-order valence-corrected chi connectivity index (χ2v) is 6.40. The van der Waals surface area contributed by atoms with E-state index in [4.69, 9.17) is 4.74 Å². The lowest BCUT2D eigenvalue weighted by Crippen LogP contribution is -2.98. The first-order chi connectivity index (χ1) is 11.2. The highest BCUT2D eigenvalue weighted by molar-refractivity contribution is 6.08. The normalized spacial score (nSPS) is 32.1. The van der Waals surface area contributed by atoms with Gasteiger partial charge < -0.3 is 25.1 Å². The van der Waals surface area contributed by atoms with E-state index >= 15 is 0 Å². The summed E-state index contributed by atoms with van der Waals surface area (Å²) in [5, 5.41) is 23.5. The van der Waals surface area contributed by atoms with Crippen molar-refractivity contribution in [2.75, 3.05) is 14.2 Å². The van der Waals surface area contributed by atoms with Gasteiger partial charge in [-0.05, 0) is 19.1 Å². The first kappa shape index (κ1) is 16.3. The third-order valence-electron chi connectivity index (χ3n) is 5.18. The highest BCUT2D eigenvalue weighted by Crippen LogP contribution is 2.46. The van der Waals surface area contributed by atoms with E-state index in [0.717, 1.165) is 4.90 Å². The number of hydrogen-bond acceptors (Lipinski definition) is 6. The maximum absolute atomic E-state index is 12.5. The molecule has 2 fully saturated rings. The number of phenols is 1. The molecule has 0 aliphatic carbocycles. The van der Waals surface area contributed by atoms with E-state index in [-0.39, 0.29) is 11.5 Å². The molecular weight excluding hydrogens is 316 g/mol. The molecule has 0 bridgehead atoms. The molecular formula is C16H18N2O6. The summed E-state index contributed by atoms with van der Waals surface area (Å²) in [6.45, 7) is 1.38. The molecule has 1 aromatic rings. The first-order valence-electron chi connectivity index (χ1n) is 7.48. The topological polar surface area (TPSA) is 124 Å². The lowest BCUT2D eigenvalue weighted by atomic mass is 9.80. The van der Waals surface area contributed by atoms with Gasteiger partial charge >= 0.3 is 0 Å². The number of imide groups is 1. The van der Waals surface area contributed by atoms with E-state index in [2.05, 4.69) is 0 Å². The Morgan fingerprint density at radius 2 is 2.04 bits per heavy atom. The van der Waals surface area contributed by atoms with Crippen LogP contribution in [0.5, 0.6) is 11.5 Å². The van der Waals surface area contributed by atoms with Crippen LogP contribution in [0.15, 0.2) is 18.2 Å². The van der Waals surface area contributed by atoms with Crippen molar-refractivity contribution in [2.24, 2.45) is 11.8 Å². The summed E-state index contributed by atoms with van der Waals surface area (Å²) in [5.41, 5.74) is -1.24. The average molecular weight is 334 g/mol. The summed E-state index contributed by atoms with van der Waals surface area (Å²) in [4.78, 5) is 37.6. The molecule has 2 amide bonds. The number of para-hydroxylation sites is 1. The average Bonchev–Trinajstić information content (AvgIpc) is 2.98. The SMILES string of the molecule is COc1cccc([C@@H]2[NH2+][C@@](C)(C(=O)[O-])[C@H]3C(=O)N(C)C(=O)[C@H]23)c1O. The number of amides is 2. The highest BCUT2D eigenvalue weighted by atomic mass is 16.5. The Hall–Kier alpha value is -2.61. The van der Waals surface area contributed by atoms with Crippen LogP contribution in [0.4, 0.5) is 0 Å². The Bertz CT molecular complexity index is 748. The summed E-state index contributed by atoms with van der Waals surface area (Å²) < 4.78 is 5.07. The number of hydrogen-bond donors (Lipinski definition) is 2. The molecule has 2 aliphatic rings. The van der Waals surface area contributed by atoms with E-state index in [1.807, 2.05) is 0 Å². The van der Waals surface area contributed by atoms with E-state index in [1.54, 1.807) is 18.2 Å². The summed E-state index contributed by atoms with van der Waals surface area (Å²) >= 11 is 0. The van der Waals surface area contributed by atoms with E-state index < -0.39 is 41.2 Å². The Balaban J connectivity index is 2.15. The van der Waals surface area contributed by atoms with Crippen molar-refractivity contribution in [2.45, 2.75) is 18.5 Å². The number of carboxylic acids is 1.